The Morgan fingerprint density at radius 1 is 1.14 bits per heavy atom. The molecular weight excluding hydrogens is 393 g/mol. The fourth-order valence-corrected chi connectivity index (χ4v) is 3.52. The molecule has 146 valence electrons. The van der Waals surface area contributed by atoms with Gasteiger partial charge in [-0.25, -0.2) is 14.1 Å². The number of hydrogen-bond acceptors (Lipinski definition) is 5. The first-order valence-electron chi connectivity index (χ1n) is 8.82. The van der Waals surface area contributed by atoms with Crippen molar-refractivity contribution in [3.05, 3.63) is 77.0 Å². The molecule has 1 amide bonds. The van der Waals surface area contributed by atoms with Crippen LogP contribution in [0.4, 0.5) is 10.1 Å². The van der Waals surface area contributed by atoms with Gasteiger partial charge in [0.15, 0.2) is 10.8 Å². The number of aromatic nitrogens is 4. The minimum Gasteiger partial charge on any atom is -0.326 e. The molecule has 0 bridgehead atoms. The van der Waals surface area contributed by atoms with Crippen molar-refractivity contribution in [3.63, 3.8) is 0 Å². The molecule has 0 aliphatic carbocycles. The largest absolute Gasteiger partial charge is 0.326 e. The maximum atomic E-state index is 12.9. The maximum Gasteiger partial charge on any atom is 0.262 e. The van der Waals surface area contributed by atoms with Crippen LogP contribution < -0.4 is 10.9 Å². The zero-order valence-corrected chi connectivity index (χ0v) is 15.9. The van der Waals surface area contributed by atoms with Gasteiger partial charge in [-0.05, 0) is 36.4 Å². The van der Waals surface area contributed by atoms with Crippen molar-refractivity contribution in [2.75, 3.05) is 11.1 Å². The van der Waals surface area contributed by atoms with Crippen LogP contribution in [0.25, 0.3) is 16.7 Å². The van der Waals surface area contributed by atoms with Crippen molar-refractivity contribution < 1.29 is 9.18 Å². The zero-order chi connectivity index (χ0) is 20.2. The van der Waals surface area contributed by atoms with Gasteiger partial charge in [-0.15, -0.1) is 0 Å². The van der Waals surface area contributed by atoms with Gasteiger partial charge in [-0.3, -0.25) is 9.59 Å². The average molecular weight is 409 g/mol. The van der Waals surface area contributed by atoms with Crippen LogP contribution in [-0.4, -0.2) is 31.4 Å². The number of carbonyl (C=O) groups is 1. The monoisotopic (exact) mass is 409 g/mol. The Hall–Kier alpha value is -3.46. The SMILES string of the molecule is O=C(CCSc1nc2c(cnn2-c2ccccc2)c(=O)[nH]1)Nc1ccc(F)cc1. The Morgan fingerprint density at radius 2 is 1.90 bits per heavy atom. The number of hydrogen-bond donors (Lipinski definition) is 2. The normalized spacial score (nSPS) is 10.9. The summed E-state index contributed by atoms with van der Waals surface area (Å²) in [6, 6.07) is 15.0. The topological polar surface area (TPSA) is 92.7 Å². The molecule has 7 nitrogen and oxygen atoms in total. The van der Waals surface area contributed by atoms with Crippen molar-refractivity contribution in [3.8, 4) is 5.69 Å². The number of amides is 1. The van der Waals surface area contributed by atoms with E-state index < -0.39 is 0 Å². The van der Waals surface area contributed by atoms with Gasteiger partial charge in [-0.2, -0.15) is 5.10 Å². The Morgan fingerprint density at radius 3 is 2.66 bits per heavy atom. The van der Waals surface area contributed by atoms with Crippen molar-refractivity contribution in [2.24, 2.45) is 0 Å². The summed E-state index contributed by atoms with van der Waals surface area (Å²) in [4.78, 5) is 31.6. The fraction of sp³-hybridized carbons (Fsp3) is 0.100. The summed E-state index contributed by atoms with van der Waals surface area (Å²) in [7, 11) is 0. The standard InChI is InChI=1S/C20H16FN5O2S/c21-13-6-8-14(9-7-13)23-17(27)10-11-29-20-24-18-16(19(28)25-20)12-22-26(18)15-4-2-1-3-5-15/h1-9,12H,10-11H2,(H,23,27)(H,24,25,28). The molecule has 0 saturated heterocycles. The zero-order valence-electron chi connectivity index (χ0n) is 15.1. The summed E-state index contributed by atoms with van der Waals surface area (Å²) >= 11 is 1.27. The highest BCUT2D eigenvalue weighted by Gasteiger charge is 2.12. The lowest BCUT2D eigenvalue weighted by Crippen LogP contribution is -2.13. The third kappa shape index (κ3) is 4.35. The number of benzene rings is 2. The van der Waals surface area contributed by atoms with E-state index in [0.717, 1.165) is 5.69 Å². The highest BCUT2D eigenvalue weighted by atomic mass is 32.2. The highest BCUT2D eigenvalue weighted by Crippen LogP contribution is 2.18. The third-order valence-electron chi connectivity index (χ3n) is 4.11. The second-order valence-corrected chi connectivity index (χ2v) is 7.24. The van der Waals surface area contributed by atoms with Crippen LogP contribution in [0, 0.1) is 5.82 Å². The van der Waals surface area contributed by atoms with Gasteiger partial charge in [0.1, 0.15) is 11.2 Å². The number of nitrogens with zero attached hydrogens (tertiary/aromatic N) is 3. The Kier molecular flexibility index (Phi) is 5.39. The molecule has 0 radical (unpaired) electrons. The smallest absolute Gasteiger partial charge is 0.262 e. The lowest BCUT2D eigenvalue weighted by atomic mass is 10.3. The van der Waals surface area contributed by atoms with Gasteiger partial charge in [0.2, 0.25) is 5.91 Å². The minimum atomic E-state index is -0.362. The van der Waals surface area contributed by atoms with Crippen LogP contribution in [-0.2, 0) is 4.79 Å². The van der Waals surface area contributed by atoms with Gasteiger partial charge >= 0.3 is 0 Å². The first kappa shape index (κ1) is 18.9. The molecule has 2 aromatic carbocycles. The second kappa shape index (κ2) is 8.27. The molecule has 4 aromatic rings. The van der Waals surface area contributed by atoms with E-state index in [1.54, 1.807) is 4.68 Å². The fourth-order valence-electron chi connectivity index (χ4n) is 2.72. The summed E-state index contributed by atoms with van der Waals surface area (Å²) in [5.74, 6) is -0.151. The van der Waals surface area contributed by atoms with E-state index in [0.29, 0.717) is 27.6 Å². The number of fused-ring (bicyclic) bond motifs is 1. The number of aromatic amines is 1. The number of H-pyrrole nitrogens is 1. The molecule has 2 heterocycles. The molecule has 2 aromatic heterocycles. The number of halogens is 1. The van der Waals surface area contributed by atoms with Gasteiger partial charge < -0.3 is 10.3 Å². The van der Waals surface area contributed by atoms with Crippen molar-refractivity contribution in [1.29, 1.82) is 0 Å². The predicted octanol–water partition coefficient (Wildman–Crippen LogP) is 3.37. The lowest BCUT2D eigenvalue weighted by molar-refractivity contribution is -0.115. The molecule has 9 heteroatoms. The molecule has 0 aliphatic heterocycles. The molecule has 0 spiro atoms. The molecule has 0 aliphatic rings. The number of rotatable bonds is 6. The maximum absolute atomic E-state index is 12.9. The number of nitrogens with one attached hydrogen (secondary N) is 2. The minimum absolute atomic E-state index is 0.207. The van der Waals surface area contributed by atoms with Gasteiger partial charge in [0.05, 0.1) is 11.9 Å². The van der Waals surface area contributed by atoms with Crippen LogP contribution in [0.1, 0.15) is 6.42 Å². The average Bonchev–Trinajstić information content (AvgIpc) is 3.15. The number of anilines is 1. The first-order valence-corrected chi connectivity index (χ1v) is 9.80. The highest BCUT2D eigenvalue weighted by molar-refractivity contribution is 7.99. The number of thioether (sulfide) groups is 1. The van der Waals surface area contributed by atoms with Crippen LogP contribution >= 0.6 is 11.8 Å². The molecule has 0 fully saturated rings. The molecule has 29 heavy (non-hydrogen) atoms. The molecule has 4 rings (SSSR count). The number of carbonyl (C=O) groups excluding carboxylic acids is 1. The van der Waals surface area contributed by atoms with Gasteiger partial charge in [0, 0.05) is 17.9 Å². The third-order valence-corrected chi connectivity index (χ3v) is 4.99. The first-order chi connectivity index (χ1) is 14.1. The van der Waals surface area contributed by atoms with E-state index in [4.69, 9.17) is 0 Å². The van der Waals surface area contributed by atoms with Crippen molar-refractivity contribution >= 4 is 34.4 Å². The molecule has 0 saturated carbocycles. The van der Waals surface area contributed by atoms with E-state index in [1.807, 2.05) is 30.3 Å². The van der Waals surface area contributed by atoms with Crippen LogP contribution in [0.15, 0.2) is 70.7 Å². The van der Waals surface area contributed by atoms with Gasteiger partial charge in [-0.1, -0.05) is 30.0 Å². The molecule has 0 unspecified atom stereocenters. The van der Waals surface area contributed by atoms with E-state index in [1.165, 1.54) is 42.2 Å². The summed E-state index contributed by atoms with van der Waals surface area (Å²) in [6.45, 7) is 0. The van der Waals surface area contributed by atoms with E-state index in [-0.39, 0.29) is 23.7 Å². The van der Waals surface area contributed by atoms with E-state index >= 15 is 0 Å². The molecule has 2 N–H and O–H groups in total. The molecular formula is C20H16FN5O2S. The van der Waals surface area contributed by atoms with Crippen LogP contribution in [0.2, 0.25) is 0 Å². The van der Waals surface area contributed by atoms with E-state index in [9.17, 15) is 14.0 Å². The predicted molar refractivity (Wildman–Crippen MR) is 110 cm³/mol. The Balaban J connectivity index is 1.45. The van der Waals surface area contributed by atoms with E-state index in [2.05, 4.69) is 20.4 Å². The second-order valence-electron chi connectivity index (χ2n) is 6.15. The Labute approximate surface area is 169 Å². The summed E-state index contributed by atoms with van der Waals surface area (Å²) < 4.78 is 14.5. The molecule has 0 atom stereocenters. The number of para-hydroxylation sites is 1. The van der Waals surface area contributed by atoms with Crippen molar-refractivity contribution in [2.45, 2.75) is 11.6 Å². The summed E-state index contributed by atoms with van der Waals surface area (Å²) in [5.41, 5.74) is 1.50. The summed E-state index contributed by atoms with van der Waals surface area (Å²) in [5, 5.41) is 7.77. The van der Waals surface area contributed by atoms with Crippen LogP contribution in [0.5, 0.6) is 0 Å². The Bertz CT molecular complexity index is 1210. The van der Waals surface area contributed by atoms with Crippen LogP contribution in [0.3, 0.4) is 0 Å². The lowest BCUT2D eigenvalue weighted by Gasteiger charge is -2.06. The summed E-state index contributed by atoms with van der Waals surface area (Å²) in [6.07, 6.45) is 1.69. The van der Waals surface area contributed by atoms with Crippen molar-refractivity contribution in [1.82, 2.24) is 19.7 Å². The quantitative estimate of drug-likeness (QED) is 0.376. The van der Waals surface area contributed by atoms with Gasteiger partial charge in [0.25, 0.3) is 5.56 Å².